The van der Waals surface area contributed by atoms with Crippen molar-refractivity contribution in [2.24, 2.45) is 0 Å². The fraction of sp³-hybridized carbons (Fsp3) is 0.353. The number of aromatic nitrogens is 1. The molecular formula is C17H21FN2. The first-order valence-corrected chi connectivity index (χ1v) is 7.04. The molecular weight excluding hydrogens is 251 g/mol. The van der Waals surface area contributed by atoms with Crippen LogP contribution in [0, 0.1) is 19.7 Å². The summed E-state index contributed by atoms with van der Waals surface area (Å²) in [4.78, 5) is 4.52. The third-order valence-electron chi connectivity index (χ3n) is 3.36. The maximum atomic E-state index is 13.5. The Labute approximate surface area is 120 Å². The number of hydrogen-bond acceptors (Lipinski definition) is 2. The zero-order valence-corrected chi connectivity index (χ0v) is 12.3. The Balaban J connectivity index is 2.41. The quantitative estimate of drug-likeness (QED) is 0.892. The molecule has 0 bridgehead atoms. The van der Waals surface area contributed by atoms with E-state index in [9.17, 15) is 4.39 Å². The highest BCUT2D eigenvalue weighted by molar-refractivity contribution is 5.35. The van der Waals surface area contributed by atoms with E-state index in [-0.39, 0.29) is 11.9 Å². The van der Waals surface area contributed by atoms with Crippen LogP contribution in [-0.4, -0.2) is 11.5 Å². The largest absolute Gasteiger partial charge is 0.306 e. The first kappa shape index (κ1) is 14.7. The van der Waals surface area contributed by atoms with Gasteiger partial charge in [0.2, 0.25) is 0 Å². The van der Waals surface area contributed by atoms with Gasteiger partial charge in [-0.3, -0.25) is 4.98 Å². The maximum Gasteiger partial charge on any atom is 0.123 e. The molecule has 0 spiro atoms. The predicted molar refractivity (Wildman–Crippen MR) is 80.2 cm³/mol. The second-order valence-electron chi connectivity index (χ2n) is 5.07. The van der Waals surface area contributed by atoms with E-state index >= 15 is 0 Å². The van der Waals surface area contributed by atoms with E-state index in [0.717, 1.165) is 35.5 Å². The van der Waals surface area contributed by atoms with Crippen molar-refractivity contribution in [2.75, 3.05) is 6.54 Å². The van der Waals surface area contributed by atoms with E-state index in [1.54, 1.807) is 12.1 Å². The molecule has 106 valence electrons. The molecule has 1 N–H and O–H groups in total. The molecule has 3 heteroatoms. The standard InChI is InChI=1S/C17H21FN2/c1-4-10-19-17(14-6-5-7-15(18)11-14)16-9-8-12(2)20-13(16)3/h5-9,11,17,19H,4,10H2,1-3H3. The van der Waals surface area contributed by atoms with Crippen molar-refractivity contribution in [2.45, 2.75) is 33.2 Å². The van der Waals surface area contributed by atoms with Crippen LogP contribution < -0.4 is 5.32 Å². The maximum absolute atomic E-state index is 13.5. The molecule has 2 aromatic rings. The van der Waals surface area contributed by atoms with Crippen molar-refractivity contribution >= 4 is 0 Å². The lowest BCUT2D eigenvalue weighted by atomic mass is 9.97. The molecule has 0 fully saturated rings. The normalized spacial score (nSPS) is 12.4. The predicted octanol–water partition coefficient (Wildman–Crippen LogP) is 3.93. The molecule has 2 rings (SSSR count). The SMILES string of the molecule is CCCNC(c1cccc(F)c1)c1ccc(C)nc1C. The second kappa shape index (κ2) is 6.62. The molecule has 2 nitrogen and oxygen atoms in total. The monoisotopic (exact) mass is 272 g/mol. The molecule has 0 aliphatic rings. The van der Waals surface area contributed by atoms with Crippen LogP contribution in [0.25, 0.3) is 0 Å². The smallest absolute Gasteiger partial charge is 0.123 e. The summed E-state index contributed by atoms with van der Waals surface area (Å²) in [5.41, 5.74) is 4.03. The Kier molecular flexibility index (Phi) is 4.85. The van der Waals surface area contributed by atoms with Crippen LogP contribution in [0.4, 0.5) is 4.39 Å². The fourth-order valence-electron chi connectivity index (χ4n) is 2.38. The molecule has 0 saturated heterocycles. The lowest BCUT2D eigenvalue weighted by molar-refractivity contribution is 0.582. The van der Waals surface area contributed by atoms with Gasteiger partial charge in [0, 0.05) is 11.4 Å². The van der Waals surface area contributed by atoms with Gasteiger partial charge in [-0.15, -0.1) is 0 Å². The first-order valence-electron chi connectivity index (χ1n) is 7.04. The van der Waals surface area contributed by atoms with E-state index in [1.165, 1.54) is 6.07 Å². The van der Waals surface area contributed by atoms with E-state index in [4.69, 9.17) is 0 Å². The molecule has 0 aliphatic heterocycles. The summed E-state index contributed by atoms with van der Waals surface area (Å²) in [6, 6.07) is 10.8. The van der Waals surface area contributed by atoms with Crippen molar-refractivity contribution in [3.63, 3.8) is 0 Å². The van der Waals surface area contributed by atoms with Crippen LogP contribution in [-0.2, 0) is 0 Å². The van der Waals surface area contributed by atoms with Gasteiger partial charge in [0.15, 0.2) is 0 Å². The summed E-state index contributed by atoms with van der Waals surface area (Å²) in [7, 11) is 0. The molecule has 0 radical (unpaired) electrons. The molecule has 20 heavy (non-hydrogen) atoms. The van der Waals surface area contributed by atoms with E-state index in [2.05, 4.69) is 23.3 Å². The number of pyridine rings is 1. The Hall–Kier alpha value is -1.74. The summed E-state index contributed by atoms with van der Waals surface area (Å²) in [5, 5.41) is 3.48. The number of hydrogen-bond donors (Lipinski definition) is 1. The van der Waals surface area contributed by atoms with Gasteiger partial charge in [0.25, 0.3) is 0 Å². The topological polar surface area (TPSA) is 24.9 Å². The van der Waals surface area contributed by atoms with Gasteiger partial charge in [0.05, 0.1) is 6.04 Å². The molecule has 0 saturated carbocycles. The Morgan fingerprint density at radius 2 is 2.00 bits per heavy atom. The van der Waals surface area contributed by atoms with Crippen LogP contribution >= 0.6 is 0 Å². The fourth-order valence-corrected chi connectivity index (χ4v) is 2.38. The molecule has 1 heterocycles. The van der Waals surface area contributed by atoms with Crippen molar-refractivity contribution in [1.29, 1.82) is 0 Å². The lowest BCUT2D eigenvalue weighted by Gasteiger charge is -2.21. The van der Waals surface area contributed by atoms with Crippen molar-refractivity contribution < 1.29 is 4.39 Å². The Morgan fingerprint density at radius 3 is 2.65 bits per heavy atom. The first-order chi connectivity index (χ1) is 9.61. The van der Waals surface area contributed by atoms with Gasteiger partial charge in [0.1, 0.15) is 5.82 Å². The number of rotatable bonds is 5. The van der Waals surface area contributed by atoms with Crippen molar-refractivity contribution in [3.8, 4) is 0 Å². The third-order valence-corrected chi connectivity index (χ3v) is 3.36. The molecule has 0 amide bonds. The minimum absolute atomic E-state index is 0.0150. The summed E-state index contributed by atoms with van der Waals surface area (Å²) in [6.45, 7) is 6.99. The van der Waals surface area contributed by atoms with Crippen LogP contribution in [0.2, 0.25) is 0 Å². The van der Waals surface area contributed by atoms with Gasteiger partial charge in [-0.05, 0) is 56.1 Å². The van der Waals surface area contributed by atoms with Gasteiger partial charge in [-0.2, -0.15) is 0 Å². The van der Waals surface area contributed by atoms with Crippen molar-refractivity contribution in [3.05, 3.63) is 64.7 Å². The van der Waals surface area contributed by atoms with Crippen molar-refractivity contribution in [1.82, 2.24) is 10.3 Å². The van der Waals surface area contributed by atoms with Crippen LogP contribution in [0.15, 0.2) is 36.4 Å². The summed E-state index contributed by atoms with van der Waals surface area (Å²) in [5.74, 6) is -0.205. The highest BCUT2D eigenvalue weighted by atomic mass is 19.1. The number of nitrogens with one attached hydrogen (secondary N) is 1. The Bertz CT molecular complexity index is 581. The van der Waals surface area contributed by atoms with Gasteiger partial charge in [-0.25, -0.2) is 4.39 Å². The van der Waals surface area contributed by atoms with E-state index in [0.29, 0.717) is 0 Å². The summed E-state index contributed by atoms with van der Waals surface area (Å²) in [6.07, 6.45) is 1.03. The van der Waals surface area contributed by atoms with Gasteiger partial charge >= 0.3 is 0 Å². The molecule has 1 aromatic heterocycles. The minimum Gasteiger partial charge on any atom is -0.306 e. The summed E-state index contributed by atoms with van der Waals surface area (Å²) >= 11 is 0. The highest BCUT2D eigenvalue weighted by Crippen LogP contribution is 2.25. The summed E-state index contributed by atoms with van der Waals surface area (Å²) < 4.78 is 13.5. The van der Waals surface area contributed by atoms with Gasteiger partial charge in [-0.1, -0.05) is 25.1 Å². The van der Waals surface area contributed by atoms with Crippen LogP contribution in [0.1, 0.15) is 41.9 Å². The van der Waals surface area contributed by atoms with Crippen LogP contribution in [0.5, 0.6) is 0 Å². The average Bonchev–Trinajstić information content (AvgIpc) is 2.41. The average molecular weight is 272 g/mol. The second-order valence-corrected chi connectivity index (χ2v) is 5.07. The zero-order valence-electron chi connectivity index (χ0n) is 12.3. The molecule has 0 aliphatic carbocycles. The number of benzene rings is 1. The number of nitrogens with zero attached hydrogens (tertiary/aromatic N) is 1. The zero-order chi connectivity index (χ0) is 14.5. The van der Waals surface area contributed by atoms with E-state index in [1.807, 2.05) is 26.0 Å². The minimum atomic E-state index is -0.205. The molecule has 1 unspecified atom stereocenters. The third kappa shape index (κ3) is 3.42. The molecule has 1 atom stereocenters. The highest BCUT2D eigenvalue weighted by Gasteiger charge is 2.16. The van der Waals surface area contributed by atoms with Gasteiger partial charge < -0.3 is 5.32 Å². The van der Waals surface area contributed by atoms with Crippen LogP contribution in [0.3, 0.4) is 0 Å². The number of halogens is 1. The lowest BCUT2D eigenvalue weighted by Crippen LogP contribution is -2.24. The number of aryl methyl sites for hydroxylation is 2. The van der Waals surface area contributed by atoms with E-state index < -0.39 is 0 Å². The Morgan fingerprint density at radius 1 is 1.20 bits per heavy atom. The molecule has 1 aromatic carbocycles.